The number of likely N-dealkylation sites (tertiary alicyclic amines) is 2. The number of aromatic nitrogens is 4. The summed E-state index contributed by atoms with van der Waals surface area (Å²) in [6.45, 7) is 5.77. The predicted octanol–water partition coefficient (Wildman–Crippen LogP) is 7.79. The second-order valence-electron chi connectivity index (χ2n) is 16.1. The average molecular weight is 777 g/mol. The molecule has 12 heteroatoms. The maximum atomic E-state index is 13.9. The van der Waals surface area contributed by atoms with Gasteiger partial charge in [-0.2, -0.15) is 0 Å². The third kappa shape index (κ3) is 7.13. The number of H-pyrrole nitrogens is 2. The molecule has 0 saturated carbocycles. The van der Waals surface area contributed by atoms with Crippen molar-refractivity contribution in [3.05, 3.63) is 120 Å². The number of carbonyl (C=O) groups excluding carboxylic acids is 2. The van der Waals surface area contributed by atoms with Crippen molar-refractivity contribution in [3.8, 4) is 33.6 Å². The number of aromatic amines is 2. The first-order valence-electron chi connectivity index (χ1n) is 20.4. The summed E-state index contributed by atoms with van der Waals surface area (Å²) in [4.78, 5) is 58.9. The van der Waals surface area contributed by atoms with E-state index < -0.39 is 12.1 Å². The van der Waals surface area contributed by atoms with Crippen molar-refractivity contribution in [1.82, 2.24) is 40.4 Å². The summed E-state index contributed by atoms with van der Waals surface area (Å²) in [5, 5.41) is 17.4. The Morgan fingerprint density at radius 2 is 1.33 bits per heavy atom. The van der Waals surface area contributed by atoms with E-state index in [2.05, 4.69) is 98.4 Å². The molecule has 5 N–H and O–H groups in total. The van der Waals surface area contributed by atoms with Crippen LogP contribution in [0.3, 0.4) is 0 Å². The van der Waals surface area contributed by atoms with Gasteiger partial charge < -0.3 is 35.5 Å². The topological polar surface area (TPSA) is 159 Å². The average Bonchev–Trinajstić information content (AvgIpc) is 4.09. The molecule has 3 aliphatic rings. The Balaban J connectivity index is 0.874. The largest absolute Gasteiger partial charge is 0.465 e. The quantitative estimate of drug-likeness (QED) is 0.100. The van der Waals surface area contributed by atoms with Crippen LogP contribution in [0.2, 0.25) is 0 Å². The van der Waals surface area contributed by atoms with Crippen molar-refractivity contribution in [2.45, 2.75) is 70.1 Å². The highest BCUT2D eigenvalue weighted by Crippen LogP contribution is 2.37. The molecular formula is C46H48N8O4. The number of carbonyl (C=O) groups is 3. The first kappa shape index (κ1) is 37.3. The van der Waals surface area contributed by atoms with Gasteiger partial charge in [0.15, 0.2) is 0 Å². The van der Waals surface area contributed by atoms with Crippen LogP contribution in [-0.2, 0) is 16.0 Å². The fraction of sp³-hybridized carbons (Fsp3) is 0.326. The molecule has 2 saturated heterocycles. The zero-order valence-electron chi connectivity index (χ0n) is 32.7. The molecule has 3 amide bonds. The lowest BCUT2D eigenvalue weighted by molar-refractivity contribution is -0.136. The van der Waals surface area contributed by atoms with Crippen LogP contribution in [0.15, 0.2) is 97.3 Å². The lowest BCUT2D eigenvalue weighted by Crippen LogP contribution is -2.50. The van der Waals surface area contributed by atoms with Crippen LogP contribution in [0.1, 0.15) is 80.4 Å². The number of fused-ring (bicyclic) bond motifs is 2. The van der Waals surface area contributed by atoms with Crippen LogP contribution in [0.4, 0.5) is 4.79 Å². The Morgan fingerprint density at radius 3 is 2.02 bits per heavy atom. The summed E-state index contributed by atoms with van der Waals surface area (Å²) in [7, 11) is 0. The molecule has 3 aliphatic heterocycles. The maximum absolute atomic E-state index is 13.9. The Labute approximate surface area is 337 Å². The number of imidazole rings is 2. The number of nitrogens with one attached hydrogen (secondary N) is 4. The van der Waals surface area contributed by atoms with Crippen LogP contribution in [-0.4, -0.2) is 78.4 Å². The molecule has 0 aliphatic carbocycles. The molecule has 0 bridgehead atoms. The number of rotatable bonds is 9. The summed E-state index contributed by atoms with van der Waals surface area (Å²) >= 11 is 0. The summed E-state index contributed by atoms with van der Waals surface area (Å²) in [6, 6.07) is 28.1. The first-order valence-corrected chi connectivity index (χ1v) is 20.4. The summed E-state index contributed by atoms with van der Waals surface area (Å²) < 4.78 is 0. The maximum Gasteiger partial charge on any atom is 0.405 e. The van der Waals surface area contributed by atoms with Crippen molar-refractivity contribution < 1.29 is 19.5 Å². The van der Waals surface area contributed by atoms with Crippen LogP contribution >= 0.6 is 0 Å². The highest BCUT2D eigenvalue weighted by molar-refractivity contribution is 5.91. The Kier molecular flexibility index (Phi) is 10.0. The van der Waals surface area contributed by atoms with E-state index in [1.54, 1.807) is 4.90 Å². The summed E-state index contributed by atoms with van der Waals surface area (Å²) in [6.07, 6.45) is 6.84. The van der Waals surface area contributed by atoms with E-state index >= 15 is 0 Å². The van der Waals surface area contributed by atoms with Gasteiger partial charge in [-0.3, -0.25) is 9.59 Å². The van der Waals surface area contributed by atoms with Gasteiger partial charge in [0.25, 0.3) is 0 Å². The van der Waals surface area contributed by atoms with E-state index in [9.17, 15) is 19.5 Å². The molecule has 0 spiro atoms. The normalized spacial score (nSPS) is 19.7. The standard InChI is InChI=1S/C46H48N8O4/c1-27(2)40(52-46(57)58)44(55)53-21-5-9-38(53)43-49-26-37(51-43)34-18-17-32-23-31(15-16-33(32)24-34)28-11-13-30(14-12-28)36-25-48-42(50-36)39-10-6-22-54(39)45(56)41-35-8-4-3-7-29(35)19-20-47-41/h3-4,7-8,11-18,23-27,38-41,47,52H,5-6,9-10,19-22H2,1-2H3,(H,48,50)(H,49,51)(H,57,58)/t38-,39-,40-,41+/m0/s1. The lowest BCUT2D eigenvalue weighted by Gasteiger charge is -2.32. The van der Waals surface area contributed by atoms with Gasteiger partial charge in [0.1, 0.15) is 23.7 Å². The summed E-state index contributed by atoms with van der Waals surface area (Å²) in [5.74, 6) is 1.26. The van der Waals surface area contributed by atoms with Crippen LogP contribution < -0.4 is 10.6 Å². The molecule has 0 unspecified atom stereocenters. The van der Waals surface area contributed by atoms with Crippen molar-refractivity contribution in [1.29, 1.82) is 0 Å². The number of nitrogens with zero attached hydrogens (tertiary/aromatic N) is 4. The van der Waals surface area contributed by atoms with Crippen molar-refractivity contribution in [2.24, 2.45) is 5.92 Å². The monoisotopic (exact) mass is 776 g/mol. The molecule has 0 radical (unpaired) electrons. The highest BCUT2D eigenvalue weighted by Gasteiger charge is 2.39. The molecule has 2 fully saturated rings. The molecule has 296 valence electrons. The molecule has 58 heavy (non-hydrogen) atoms. The molecule has 5 heterocycles. The van der Waals surface area contributed by atoms with Gasteiger partial charge in [0.2, 0.25) is 11.8 Å². The third-order valence-corrected chi connectivity index (χ3v) is 12.1. The van der Waals surface area contributed by atoms with Crippen molar-refractivity contribution in [2.75, 3.05) is 19.6 Å². The second kappa shape index (κ2) is 15.6. The molecule has 2 aromatic heterocycles. The molecule has 6 aromatic rings. The van der Waals surface area contributed by atoms with Crippen LogP contribution in [0.25, 0.3) is 44.4 Å². The van der Waals surface area contributed by atoms with E-state index in [1.165, 1.54) is 5.56 Å². The van der Waals surface area contributed by atoms with Gasteiger partial charge in [-0.15, -0.1) is 0 Å². The lowest BCUT2D eigenvalue weighted by atomic mass is 9.93. The van der Waals surface area contributed by atoms with E-state index in [1.807, 2.05) is 43.3 Å². The Morgan fingerprint density at radius 1 is 0.741 bits per heavy atom. The van der Waals surface area contributed by atoms with Gasteiger partial charge in [-0.1, -0.05) is 86.6 Å². The molecular weight excluding hydrogens is 729 g/mol. The van der Waals surface area contributed by atoms with Gasteiger partial charge in [-0.05, 0) is 88.7 Å². The van der Waals surface area contributed by atoms with Gasteiger partial charge in [-0.25, -0.2) is 14.8 Å². The first-order chi connectivity index (χ1) is 28.2. The number of benzene rings is 4. The van der Waals surface area contributed by atoms with E-state index in [-0.39, 0.29) is 35.9 Å². The van der Waals surface area contributed by atoms with Gasteiger partial charge in [0, 0.05) is 25.2 Å². The van der Waals surface area contributed by atoms with E-state index in [4.69, 9.17) is 4.98 Å². The van der Waals surface area contributed by atoms with Crippen molar-refractivity contribution in [3.63, 3.8) is 0 Å². The van der Waals surface area contributed by atoms with E-state index in [0.717, 1.165) is 101 Å². The van der Waals surface area contributed by atoms with Gasteiger partial charge in [0.05, 0.1) is 35.9 Å². The van der Waals surface area contributed by atoms with Gasteiger partial charge >= 0.3 is 6.09 Å². The zero-order valence-corrected chi connectivity index (χ0v) is 32.7. The number of amides is 3. The molecule has 4 aromatic carbocycles. The fourth-order valence-electron chi connectivity index (χ4n) is 9.09. The smallest absolute Gasteiger partial charge is 0.405 e. The minimum Gasteiger partial charge on any atom is -0.465 e. The SMILES string of the molecule is CC(C)[C@H](NC(=O)O)C(=O)N1CCC[C@H]1c1ncc(-c2ccc3cc(-c4ccc(-c5cnc([C@@H]6CCCN6C(=O)[C@@H]6NCCc7ccccc76)[nH]5)cc4)ccc3c2)[nH]1. The number of carboxylic acid groups (broad SMARTS) is 1. The minimum atomic E-state index is -1.20. The number of hydrogen-bond donors (Lipinski definition) is 5. The van der Waals surface area contributed by atoms with Crippen LogP contribution in [0.5, 0.6) is 0 Å². The Hall–Kier alpha value is -6.27. The fourth-order valence-corrected chi connectivity index (χ4v) is 9.09. The minimum absolute atomic E-state index is 0.0783. The highest BCUT2D eigenvalue weighted by atomic mass is 16.4. The second-order valence-corrected chi connectivity index (χ2v) is 16.1. The summed E-state index contributed by atoms with van der Waals surface area (Å²) in [5.41, 5.74) is 8.37. The third-order valence-electron chi connectivity index (χ3n) is 12.1. The molecule has 9 rings (SSSR count). The zero-order chi connectivity index (χ0) is 39.9. The van der Waals surface area contributed by atoms with Crippen LogP contribution in [0, 0.1) is 5.92 Å². The van der Waals surface area contributed by atoms with E-state index in [0.29, 0.717) is 12.4 Å². The number of hydrogen-bond acceptors (Lipinski definition) is 6. The van der Waals surface area contributed by atoms with Crippen molar-refractivity contribution >= 4 is 28.7 Å². The predicted molar refractivity (Wildman–Crippen MR) is 223 cm³/mol. The molecule has 4 atom stereocenters. The Bertz CT molecular complexity index is 2490. The molecule has 12 nitrogen and oxygen atoms in total.